The van der Waals surface area contributed by atoms with Gasteiger partial charge in [-0.25, -0.2) is 4.79 Å². The van der Waals surface area contributed by atoms with Gasteiger partial charge >= 0.3 is 5.97 Å². The van der Waals surface area contributed by atoms with Crippen LogP contribution in [-0.2, 0) is 9.53 Å². The zero-order valence-corrected chi connectivity index (χ0v) is 11.6. The average molecular weight is 278 g/mol. The Labute approximate surface area is 123 Å². The van der Waals surface area contributed by atoms with E-state index in [0.717, 1.165) is 16.9 Å². The molecule has 0 radical (unpaired) electrons. The molecule has 1 aliphatic rings. The van der Waals surface area contributed by atoms with E-state index in [1.54, 1.807) is 19.3 Å². The van der Waals surface area contributed by atoms with E-state index in [2.05, 4.69) is 0 Å². The van der Waals surface area contributed by atoms with Gasteiger partial charge in [-0.3, -0.25) is 0 Å². The number of ether oxygens (including phenoxy) is 2. The van der Waals surface area contributed by atoms with Gasteiger partial charge in [0.25, 0.3) is 0 Å². The maximum absolute atomic E-state index is 11.9. The number of rotatable bonds is 3. The smallest absolute Gasteiger partial charge is 0.343 e. The van der Waals surface area contributed by atoms with Gasteiger partial charge in [-0.15, -0.1) is 0 Å². The van der Waals surface area contributed by atoms with Crippen molar-refractivity contribution in [1.82, 2.24) is 0 Å². The molecule has 0 spiro atoms. The third-order valence-corrected chi connectivity index (χ3v) is 3.20. The summed E-state index contributed by atoms with van der Waals surface area (Å²) in [6.07, 6.45) is 3.55. The van der Waals surface area contributed by atoms with Crippen LogP contribution in [0, 0.1) is 0 Å². The molecule has 0 N–H and O–H groups in total. The van der Waals surface area contributed by atoms with Crippen LogP contribution in [0.3, 0.4) is 0 Å². The highest BCUT2D eigenvalue weighted by atomic mass is 16.5. The van der Waals surface area contributed by atoms with Gasteiger partial charge in [0.15, 0.2) is 0 Å². The SMILES string of the molecule is COc1cccc(/C=C2/C=C(c3ccccc3)OC2=O)c1. The minimum Gasteiger partial charge on any atom is -0.497 e. The molecular weight excluding hydrogens is 264 g/mol. The molecule has 2 aromatic carbocycles. The van der Waals surface area contributed by atoms with Crippen molar-refractivity contribution in [1.29, 1.82) is 0 Å². The lowest BCUT2D eigenvalue weighted by Crippen LogP contribution is -1.97. The van der Waals surface area contributed by atoms with Crippen molar-refractivity contribution < 1.29 is 14.3 Å². The van der Waals surface area contributed by atoms with Crippen molar-refractivity contribution in [2.75, 3.05) is 7.11 Å². The Hall–Kier alpha value is -2.81. The van der Waals surface area contributed by atoms with Crippen LogP contribution in [0.4, 0.5) is 0 Å². The van der Waals surface area contributed by atoms with Crippen LogP contribution in [0.15, 0.2) is 66.2 Å². The van der Waals surface area contributed by atoms with Crippen LogP contribution in [0.5, 0.6) is 5.75 Å². The molecule has 0 aromatic heterocycles. The monoisotopic (exact) mass is 278 g/mol. The summed E-state index contributed by atoms with van der Waals surface area (Å²) in [7, 11) is 1.61. The van der Waals surface area contributed by atoms with Crippen LogP contribution < -0.4 is 4.74 Å². The minimum atomic E-state index is -0.336. The molecule has 0 amide bonds. The second kappa shape index (κ2) is 5.67. The molecule has 0 saturated heterocycles. The summed E-state index contributed by atoms with van der Waals surface area (Å²) in [6, 6.07) is 17.1. The van der Waals surface area contributed by atoms with Crippen molar-refractivity contribution >= 4 is 17.8 Å². The standard InChI is InChI=1S/C18H14O3/c1-20-16-9-5-6-13(11-16)10-15-12-17(21-18(15)19)14-7-3-2-4-8-14/h2-12H,1H3/b15-10-. The number of esters is 1. The van der Waals surface area contributed by atoms with E-state index in [4.69, 9.17) is 9.47 Å². The highest BCUT2D eigenvalue weighted by Crippen LogP contribution is 2.27. The molecule has 2 aromatic rings. The van der Waals surface area contributed by atoms with Gasteiger partial charge in [0, 0.05) is 5.56 Å². The van der Waals surface area contributed by atoms with Gasteiger partial charge in [-0.05, 0) is 29.8 Å². The fraction of sp³-hybridized carbons (Fsp3) is 0.0556. The number of carbonyl (C=O) groups excluding carboxylic acids is 1. The second-order valence-corrected chi connectivity index (χ2v) is 4.64. The van der Waals surface area contributed by atoms with Crippen LogP contribution >= 0.6 is 0 Å². The summed E-state index contributed by atoms with van der Waals surface area (Å²) in [4.78, 5) is 11.9. The summed E-state index contributed by atoms with van der Waals surface area (Å²) < 4.78 is 10.5. The molecule has 1 heterocycles. The Kier molecular flexibility index (Phi) is 3.56. The lowest BCUT2D eigenvalue weighted by Gasteiger charge is -2.01. The molecule has 104 valence electrons. The van der Waals surface area contributed by atoms with Gasteiger partial charge in [-0.1, -0.05) is 42.5 Å². The summed E-state index contributed by atoms with van der Waals surface area (Å²) >= 11 is 0. The molecule has 0 atom stereocenters. The molecular formula is C18H14O3. The Morgan fingerprint density at radius 3 is 2.62 bits per heavy atom. The summed E-state index contributed by atoms with van der Waals surface area (Å²) in [6.45, 7) is 0. The van der Waals surface area contributed by atoms with Crippen molar-refractivity contribution in [3.8, 4) is 5.75 Å². The Morgan fingerprint density at radius 2 is 1.86 bits per heavy atom. The van der Waals surface area contributed by atoms with Crippen LogP contribution in [0.1, 0.15) is 11.1 Å². The summed E-state index contributed by atoms with van der Waals surface area (Å²) in [5.74, 6) is 0.995. The Bertz CT molecular complexity index is 727. The minimum absolute atomic E-state index is 0.336. The number of methoxy groups -OCH3 is 1. The second-order valence-electron chi connectivity index (χ2n) is 4.64. The molecule has 3 rings (SSSR count). The van der Waals surface area contributed by atoms with E-state index in [1.165, 1.54) is 0 Å². The first-order valence-electron chi connectivity index (χ1n) is 6.61. The fourth-order valence-corrected chi connectivity index (χ4v) is 2.14. The van der Waals surface area contributed by atoms with Crippen LogP contribution in [0.25, 0.3) is 11.8 Å². The first-order valence-corrected chi connectivity index (χ1v) is 6.61. The fourth-order valence-electron chi connectivity index (χ4n) is 2.14. The highest BCUT2D eigenvalue weighted by molar-refractivity contribution is 6.05. The molecule has 0 unspecified atom stereocenters. The zero-order chi connectivity index (χ0) is 14.7. The molecule has 21 heavy (non-hydrogen) atoms. The van der Waals surface area contributed by atoms with Gasteiger partial charge in [0.1, 0.15) is 11.5 Å². The predicted molar refractivity (Wildman–Crippen MR) is 81.5 cm³/mol. The Morgan fingerprint density at radius 1 is 1.05 bits per heavy atom. The van der Waals surface area contributed by atoms with Gasteiger partial charge in [-0.2, -0.15) is 0 Å². The summed E-state index contributed by atoms with van der Waals surface area (Å²) in [5.41, 5.74) is 2.31. The maximum atomic E-state index is 11.9. The number of carbonyl (C=O) groups is 1. The lowest BCUT2D eigenvalue weighted by atomic mass is 10.1. The first kappa shape index (κ1) is 13.2. The number of hydrogen-bond donors (Lipinski definition) is 0. The van der Waals surface area contributed by atoms with Crippen molar-refractivity contribution in [3.63, 3.8) is 0 Å². The lowest BCUT2D eigenvalue weighted by molar-refractivity contribution is -0.130. The molecule has 3 heteroatoms. The van der Waals surface area contributed by atoms with Crippen molar-refractivity contribution in [3.05, 3.63) is 77.4 Å². The molecule has 0 fully saturated rings. The van der Waals surface area contributed by atoms with E-state index in [-0.39, 0.29) is 5.97 Å². The third kappa shape index (κ3) is 2.87. The van der Waals surface area contributed by atoms with Crippen molar-refractivity contribution in [2.45, 2.75) is 0 Å². The van der Waals surface area contributed by atoms with E-state index in [0.29, 0.717) is 11.3 Å². The molecule has 3 nitrogen and oxygen atoms in total. The van der Waals surface area contributed by atoms with Gasteiger partial charge in [0.2, 0.25) is 0 Å². The number of benzene rings is 2. The third-order valence-electron chi connectivity index (χ3n) is 3.20. The van der Waals surface area contributed by atoms with E-state index in [9.17, 15) is 4.79 Å². The highest BCUT2D eigenvalue weighted by Gasteiger charge is 2.21. The number of hydrogen-bond acceptors (Lipinski definition) is 3. The molecule has 0 bridgehead atoms. The van der Waals surface area contributed by atoms with Crippen LogP contribution in [-0.4, -0.2) is 13.1 Å². The molecule has 1 aliphatic heterocycles. The quantitative estimate of drug-likeness (QED) is 0.634. The van der Waals surface area contributed by atoms with Crippen molar-refractivity contribution in [2.24, 2.45) is 0 Å². The van der Waals surface area contributed by atoms with E-state index in [1.807, 2.05) is 54.6 Å². The summed E-state index contributed by atoms with van der Waals surface area (Å²) in [5, 5.41) is 0. The topological polar surface area (TPSA) is 35.5 Å². The van der Waals surface area contributed by atoms with E-state index < -0.39 is 0 Å². The largest absolute Gasteiger partial charge is 0.497 e. The molecule has 0 saturated carbocycles. The number of cyclic esters (lactones) is 1. The van der Waals surface area contributed by atoms with Crippen LogP contribution in [0.2, 0.25) is 0 Å². The van der Waals surface area contributed by atoms with Gasteiger partial charge in [0.05, 0.1) is 12.7 Å². The normalized spacial score (nSPS) is 15.8. The van der Waals surface area contributed by atoms with Gasteiger partial charge < -0.3 is 9.47 Å². The zero-order valence-electron chi connectivity index (χ0n) is 11.6. The molecule has 0 aliphatic carbocycles. The van der Waals surface area contributed by atoms with E-state index >= 15 is 0 Å². The average Bonchev–Trinajstić information content (AvgIpc) is 2.89. The predicted octanol–water partition coefficient (Wildman–Crippen LogP) is 3.68. The Balaban J connectivity index is 1.93. The first-order chi connectivity index (χ1) is 10.3. The maximum Gasteiger partial charge on any atom is 0.343 e.